The van der Waals surface area contributed by atoms with E-state index in [2.05, 4.69) is 49.9 Å². The van der Waals surface area contributed by atoms with Crippen LogP contribution in [0.3, 0.4) is 0 Å². The zero-order valence-corrected chi connectivity index (χ0v) is 26.1. The lowest BCUT2D eigenvalue weighted by atomic mass is 10.00. The molecule has 0 amide bonds. The third-order valence-corrected chi connectivity index (χ3v) is 7.53. The molecule has 0 N–H and O–H groups in total. The number of amidine groups is 1. The molecule has 41 heavy (non-hydrogen) atoms. The molecule has 1 unspecified atom stereocenters. The van der Waals surface area contributed by atoms with E-state index in [9.17, 15) is 9.59 Å². The summed E-state index contributed by atoms with van der Waals surface area (Å²) in [6.07, 6.45) is 8.85. The maximum atomic E-state index is 13.4. The maximum absolute atomic E-state index is 13.4. The number of hydrogen-bond donors (Lipinski definition) is 0. The van der Waals surface area contributed by atoms with Gasteiger partial charge in [0.15, 0.2) is 0 Å². The minimum atomic E-state index is -1.31. The largest absolute Gasteiger partial charge is 0.422 e. The molecule has 0 aromatic heterocycles. The van der Waals surface area contributed by atoms with Crippen LogP contribution in [0.4, 0.5) is 11.4 Å². The van der Waals surface area contributed by atoms with Crippen LogP contribution in [-0.4, -0.2) is 48.6 Å². The average molecular weight is 564 g/mol. The molecule has 0 aliphatic carbocycles. The predicted octanol–water partition coefficient (Wildman–Crippen LogP) is 7.44. The van der Waals surface area contributed by atoms with Gasteiger partial charge in [-0.15, -0.1) is 0 Å². The molecule has 1 aliphatic heterocycles. The van der Waals surface area contributed by atoms with E-state index < -0.39 is 23.6 Å². The maximum Gasteiger partial charge on any atom is 0.331 e. The van der Waals surface area contributed by atoms with Crippen molar-refractivity contribution in [3.05, 3.63) is 59.7 Å². The van der Waals surface area contributed by atoms with Crippen molar-refractivity contribution < 1.29 is 19.1 Å². The van der Waals surface area contributed by atoms with Crippen molar-refractivity contribution in [3.63, 3.8) is 0 Å². The second-order valence-corrected chi connectivity index (χ2v) is 11.8. The molecule has 1 fully saturated rings. The number of aryl methyl sites for hydroxylation is 1. The highest BCUT2D eigenvalue weighted by molar-refractivity contribution is 6.17. The summed E-state index contributed by atoms with van der Waals surface area (Å²) < 4.78 is 11.1. The Balaban J connectivity index is 2.04. The minimum absolute atomic E-state index is 0.0288. The van der Waals surface area contributed by atoms with E-state index in [1.807, 2.05) is 43.3 Å². The number of unbranched alkanes of at least 4 members (excludes halogenated alkanes) is 4. The molecule has 7 nitrogen and oxygen atoms in total. The Morgan fingerprint density at radius 1 is 0.854 bits per heavy atom. The summed E-state index contributed by atoms with van der Waals surface area (Å²) in [7, 11) is 3.96. The number of benzene rings is 2. The van der Waals surface area contributed by atoms with Gasteiger partial charge in [0.1, 0.15) is 5.84 Å². The van der Waals surface area contributed by atoms with Gasteiger partial charge in [0.2, 0.25) is 5.92 Å². The SMILES string of the molecule is CCCCCc1ccc(CN(C(=Nc2ccc(N(C)C)cc2)C2C(=O)OC(C)(C)OC2=O)C(C)CCCCC)cc1. The Hall–Kier alpha value is -3.35. The van der Waals surface area contributed by atoms with Crippen molar-refractivity contribution in [2.75, 3.05) is 19.0 Å². The van der Waals surface area contributed by atoms with Gasteiger partial charge in [0.25, 0.3) is 5.79 Å². The molecule has 0 saturated carbocycles. The Bertz CT molecular complexity index is 1140. The first kappa shape index (κ1) is 32.2. The van der Waals surface area contributed by atoms with Gasteiger partial charge in [-0.3, -0.25) is 9.59 Å². The fourth-order valence-electron chi connectivity index (χ4n) is 5.08. The number of carbonyl (C=O) groups excluding carboxylic acids is 2. The number of carbonyl (C=O) groups is 2. The van der Waals surface area contributed by atoms with E-state index in [4.69, 9.17) is 14.5 Å². The molecule has 0 spiro atoms. The highest BCUT2D eigenvalue weighted by Gasteiger charge is 2.48. The van der Waals surface area contributed by atoms with E-state index in [1.54, 1.807) is 13.8 Å². The first-order chi connectivity index (χ1) is 19.5. The van der Waals surface area contributed by atoms with Gasteiger partial charge in [0.05, 0.1) is 5.69 Å². The normalized spacial score (nSPS) is 16.2. The molecule has 0 radical (unpaired) electrons. The van der Waals surface area contributed by atoms with Crippen molar-refractivity contribution in [1.29, 1.82) is 0 Å². The lowest BCUT2D eigenvalue weighted by Gasteiger charge is -2.38. The summed E-state index contributed by atoms with van der Waals surface area (Å²) in [6.45, 7) is 10.2. The number of esters is 2. The molecule has 3 rings (SSSR count). The van der Waals surface area contributed by atoms with Gasteiger partial charge in [-0.05, 0) is 61.6 Å². The summed E-state index contributed by atoms with van der Waals surface area (Å²) in [5.41, 5.74) is 4.11. The van der Waals surface area contributed by atoms with Crippen LogP contribution in [0, 0.1) is 5.92 Å². The Morgan fingerprint density at radius 3 is 1.98 bits per heavy atom. The standard InChI is InChI=1S/C34H49N3O4/c1-8-10-12-14-25(3)37(24-27-18-16-26(17-19-27)15-13-11-9-2)31(30-32(38)40-34(4,5)41-33(30)39)35-28-20-22-29(23-21-28)36(6)7/h16-23,25,30H,8-15,24H2,1-7H3. The molecule has 2 aromatic rings. The first-order valence-electron chi connectivity index (χ1n) is 15.2. The van der Waals surface area contributed by atoms with E-state index in [0.29, 0.717) is 18.1 Å². The van der Waals surface area contributed by atoms with Crippen LogP contribution in [0.2, 0.25) is 0 Å². The van der Waals surface area contributed by atoms with Crippen LogP contribution in [0.5, 0.6) is 0 Å². The van der Waals surface area contributed by atoms with Gasteiger partial charge < -0.3 is 19.3 Å². The molecule has 7 heteroatoms. The number of rotatable bonds is 14. The smallest absolute Gasteiger partial charge is 0.331 e. The van der Waals surface area contributed by atoms with Crippen LogP contribution >= 0.6 is 0 Å². The summed E-state index contributed by atoms with van der Waals surface area (Å²) in [6, 6.07) is 16.5. The third kappa shape index (κ3) is 9.34. The molecule has 2 aromatic carbocycles. The molecule has 1 aliphatic rings. The van der Waals surface area contributed by atoms with Gasteiger partial charge in [-0.25, -0.2) is 4.99 Å². The monoisotopic (exact) mass is 563 g/mol. The number of hydrogen-bond acceptors (Lipinski definition) is 6. The quantitative estimate of drug-likeness (QED) is 0.0782. The van der Waals surface area contributed by atoms with Crippen LogP contribution in [0.1, 0.15) is 90.7 Å². The minimum Gasteiger partial charge on any atom is -0.422 e. The first-order valence-corrected chi connectivity index (χ1v) is 15.2. The van der Waals surface area contributed by atoms with E-state index in [-0.39, 0.29) is 6.04 Å². The number of nitrogens with zero attached hydrogens (tertiary/aromatic N) is 3. The van der Waals surface area contributed by atoms with Crippen molar-refractivity contribution in [3.8, 4) is 0 Å². The summed E-state index contributed by atoms with van der Waals surface area (Å²) in [4.78, 5) is 35.8. The fraction of sp³-hybridized carbons (Fsp3) is 0.559. The summed E-state index contributed by atoms with van der Waals surface area (Å²) in [5.74, 6) is -3.48. The predicted molar refractivity (Wildman–Crippen MR) is 166 cm³/mol. The van der Waals surface area contributed by atoms with Gasteiger partial charge >= 0.3 is 11.9 Å². The Labute approximate surface area is 246 Å². The average Bonchev–Trinajstić information content (AvgIpc) is 2.91. The second-order valence-electron chi connectivity index (χ2n) is 11.8. The van der Waals surface area contributed by atoms with Crippen LogP contribution in [-0.2, 0) is 32.0 Å². The molecule has 1 atom stereocenters. The number of cyclic esters (lactones) is 2. The number of aliphatic imine (C=N–C) groups is 1. The Morgan fingerprint density at radius 2 is 1.41 bits per heavy atom. The second kappa shape index (κ2) is 15.0. The van der Waals surface area contributed by atoms with Crippen LogP contribution < -0.4 is 4.90 Å². The topological polar surface area (TPSA) is 71.4 Å². The van der Waals surface area contributed by atoms with Gasteiger partial charge in [0, 0.05) is 46.2 Å². The van der Waals surface area contributed by atoms with Crippen molar-refractivity contribution in [2.45, 2.75) is 104 Å². The fourth-order valence-corrected chi connectivity index (χ4v) is 5.08. The van der Waals surface area contributed by atoms with E-state index in [0.717, 1.165) is 43.4 Å². The Kier molecular flexibility index (Phi) is 11.8. The number of ether oxygens (including phenoxy) is 2. The zero-order chi connectivity index (χ0) is 30.0. The molecular formula is C34H49N3O4. The van der Waals surface area contributed by atoms with Crippen molar-refractivity contribution >= 4 is 29.1 Å². The lowest BCUT2D eigenvalue weighted by Crippen LogP contribution is -2.54. The molecule has 224 valence electrons. The van der Waals surface area contributed by atoms with E-state index in [1.165, 1.54) is 24.8 Å². The highest BCUT2D eigenvalue weighted by Crippen LogP contribution is 2.30. The summed E-state index contributed by atoms with van der Waals surface area (Å²) >= 11 is 0. The van der Waals surface area contributed by atoms with Gasteiger partial charge in [-0.2, -0.15) is 0 Å². The summed E-state index contributed by atoms with van der Waals surface area (Å²) in [5, 5.41) is 0. The molecular weight excluding hydrogens is 514 g/mol. The number of anilines is 1. The van der Waals surface area contributed by atoms with Crippen LogP contribution in [0.25, 0.3) is 0 Å². The van der Waals surface area contributed by atoms with Crippen molar-refractivity contribution in [1.82, 2.24) is 4.90 Å². The van der Waals surface area contributed by atoms with E-state index >= 15 is 0 Å². The van der Waals surface area contributed by atoms with Crippen molar-refractivity contribution in [2.24, 2.45) is 10.9 Å². The molecule has 1 heterocycles. The molecule has 0 bridgehead atoms. The van der Waals surface area contributed by atoms with Gasteiger partial charge in [-0.1, -0.05) is 70.2 Å². The zero-order valence-electron chi connectivity index (χ0n) is 26.1. The lowest BCUT2D eigenvalue weighted by molar-refractivity contribution is -0.236. The third-order valence-electron chi connectivity index (χ3n) is 7.53. The highest BCUT2D eigenvalue weighted by atomic mass is 16.7. The molecule has 1 saturated heterocycles. The van der Waals surface area contributed by atoms with Crippen LogP contribution in [0.15, 0.2) is 53.5 Å².